The summed E-state index contributed by atoms with van der Waals surface area (Å²) < 4.78 is 1.65. The molecule has 0 saturated heterocycles. The summed E-state index contributed by atoms with van der Waals surface area (Å²) in [6.45, 7) is 1.70. The summed E-state index contributed by atoms with van der Waals surface area (Å²) in [6.07, 6.45) is 6.10. The van der Waals surface area contributed by atoms with Gasteiger partial charge < -0.3 is 10.2 Å². The first-order valence-corrected chi connectivity index (χ1v) is 9.06. The molecule has 7 nitrogen and oxygen atoms in total. The second-order valence-corrected chi connectivity index (χ2v) is 6.57. The highest BCUT2D eigenvalue weighted by atomic mass is 16.2. The highest BCUT2D eigenvalue weighted by molar-refractivity contribution is 5.74. The van der Waals surface area contributed by atoms with Crippen LogP contribution in [0.4, 0.5) is 4.79 Å². The molecule has 134 valence electrons. The van der Waals surface area contributed by atoms with Crippen LogP contribution in [0.2, 0.25) is 0 Å². The van der Waals surface area contributed by atoms with Crippen molar-refractivity contribution in [1.29, 1.82) is 0 Å². The molecule has 0 saturated carbocycles. The molecule has 26 heavy (non-hydrogen) atoms. The fourth-order valence-corrected chi connectivity index (χ4v) is 3.38. The summed E-state index contributed by atoms with van der Waals surface area (Å²) in [6, 6.07) is 12.0. The number of carbonyl (C=O) groups excluding carboxylic acids is 1. The number of nitrogens with one attached hydrogen (secondary N) is 1. The number of nitrogens with zero attached hydrogens (tertiary/aromatic N) is 5. The van der Waals surface area contributed by atoms with E-state index in [4.69, 9.17) is 0 Å². The van der Waals surface area contributed by atoms with Crippen LogP contribution in [0.15, 0.2) is 42.6 Å². The first kappa shape index (κ1) is 16.5. The lowest BCUT2D eigenvalue weighted by Gasteiger charge is -2.23. The SMILES string of the molecule is O=C(NCc1nnc2cccnn12)N1CCCCCc2ccccc2C1. The summed E-state index contributed by atoms with van der Waals surface area (Å²) in [4.78, 5) is 14.6. The molecule has 0 bridgehead atoms. The minimum Gasteiger partial charge on any atom is -0.331 e. The molecule has 0 spiro atoms. The number of hydrogen-bond acceptors (Lipinski definition) is 4. The number of benzene rings is 1. The number of amides is 2. The van der Waals surface area contributed by atoms with Crippen molar-refractivity contribution >= 4 is 11.7 Å². The van der Waals surface area contributed by atoms with Crippen molar-refractivity contribution in [2.45, 2.75) is 38.8 Å². The molecule has 0 aliphatic carbocycles. The lowest BCUT2D eigenvalue weighted by atomic mass is 10.0. The average molecular weight is 350 g/mol. The fourth-order valence-electron chi connectivity index (χ4n) is 3.38. The van der Waals surface area contributed by atoms with Gasteiger partial charge in [0, 0.05) is 19.3 Å². The van der Waals surface area contributed by atoms with Crippen molar-refractivity contribution in [2.24, 2.45) is 0 Å². The quantitative estimate of drug-likeness (QED) is 0.771. The second-order valence-electron chi connectivity index (χ2n) is 6.57. The van der Waals surface area contributed by atoms with Crippen LogP contribution in [0.1, 0.15) is 36.2 Å². The summed E-state index contributed by atoms with van der Waals surface area (Å²) >= 11 is 0. The highest BCUT2D eigenvalue weighted by Gasteiger charge is 2.17. The van der Waals surface area contributed by atoms with Crippen molar-refractivity contribution in [1.82, 2.24) is 30.0 Å². The van der Waals surface area contributed by atoms with Gasteiger partial charge in [-0.1, -0.05) is 30.7 Å². The standard InChI is InChI=1S/C19H22N6O/c26-19(20-13-18-23-22-17-10-6-11-21-25(17)18)24-12-5-1-2-7-15-8-3-4-9-16(15)14-24/h3-4,6,8-11H,1-2,5,7,12-14H2,(H,20,26). The number of rotatable bonds is 2. The van der Waals surface area contributed by atoms with Gasteiger partial charge >= 0.3 is 6.03 Å². The van der Waals surface area contributed by atoms with E-state index in [1.807, 2.05) is 23.1 Å². The fraction of sp³-hybridized carbons (Fsp3) is 0.368. The molecule has 4 rings (SSSR count). The topological polar surface area (TPSA) is 75.4 Å². The van der Waals surface area contributed by atoms with E-state index in [2.05, 4.69) is 38.8 Å². The molecule has 0 unspecified atom stereocenters. The molecule has 1 N–H and O–H groups in total. The van der Waals surface area contributed by atoms with E-state index in [-0.39, 0.29) is 6.03 Å². The molecule has 1 aliphatic rings. The third-order valence-corrected chi connectivity index (χ3v) is 4.78. The summed E-state index contributed by atoms with van der Waals surface area (Å²) in [5, 5.41) is 15.4. The van der Waals surface area contributed by atoms with Gasteiger partial charge in [0.1, 0.15) is 0 Å². The first-order chi connectivity index (χ1) is 12.8. The maximum Gasteiger partial charge on any atom is 0.318 e. The number of aryl methyl sites for hydroxylation is 1. The van der Waals surface area contributed by atoms with Gasteiger partial charge in [-0.05, 0) is 42.5 Å². The first-order valence-electron chi connectivity index (χ1n) is 9.06. The zero-order chi connectivity index (χ0) is 17.8. The average Bonchev–Trinajstić information content (AvgIpc) is 3.12. The van der Waals surface area contributed by atoms with Gasteiger partial charge in [-0.25, -0.2) is 4.79 Å². The molecule has 0 fully saturated rings. The minimum absolute atomic E-state index is 0.0746. The van der Waals surface area contributed by atoms with Crippen LogP contribution in [0, 0.1) is 0 Å². The minimum atomic E-state index is -0.0746. The van der Waals surface area contributed by atoms with Gasteiger partial charge in [-0.15, -0.1) is 10.2 Å². The van der Waals surface area contributed by atoms with Crippen molar-refractivity contribution in [3.8, 4) is 0 Å². The lowest BCUT2D eigenvalue weighted by molar-refractivity contribution is 0.193. The summed E-state index contributed by atoms with van der Waals surface area (Å²) in [5.41, 5.74) is 3.26. The maximum absolute atomic E-state index is 12.8. The van der Waals surface area contributed by atoms with Gasteiger partial charge in [0.2, 0.25) is 0 Å². The largest absolute Gasteiger partial charge is 0.331 e. The number of urea groups is 1. The monoisotopic (exact) mass is 350 g/mol. The molecule has 2 amide bonds. The molecule has 2 aromatic heterocycles. The van der Waals surface area contributed by atoms with Crippen molar-refractivity contribution < 1.29 is 4.79 Å². The second kappa shape index (κ2) is 7.51. The number of hydrogen-bond donors (Lipinski definition) is 1. The number of aromatic nitrogens is 4. The zero-order valence-corrected chi connectivity index (χ0v) is 14.6. The van der Waals surface area contributed by atoms with Crippen LogP contribution >= 0.6 is 0 Å². The van der Waals surface area contributed by atoms with Gasteiger partial charge in [0.05, 0.1) is 6.54 Å². The van der Waals surface area contributed by atoms with E-state index in [1.54, 1.807) is 10.7 Å². The third kappa shape index (κ3) is 3.51. The normalized spacial score (nSPS) is 15.0. The van der Waals surface area contributed by atoms with Crippen LogP contribution in [-0.2, 0) is 19.5 Å². The lowest BCUT2D eigenvalue weighted by Crippen LogP contribution is -2.40. The Morgan fingerprint density at radius 1 is 1.04 bits per heavy atom. The number of fused-ring (bicyclic) bond motifs is 2. The molecule has 3 aromatic rings. The Balaban J connectivity index is 1.46. The van der Waals surface area contributed by atoms with E-state index < -0.39 is 0 Å². The molecule has 7 heteroatoms. The third-order valence-electron chi connectivity index (χ3n) is 4.78. The molecule has 0 radical (unpaired) electrons. The summed E-state index contributed by atoms with van der Waals surface area (Å²) in [5.74, 6) is 0.624. The van der Waals surface area contributed by atoms with Gasteiger partial charge in [0.25, 0.3) is 0 Å². The van der Waals surface area contributed by atoms with Crippen LogP contribution in [0.25, 0.3) is 5.65 Å². The Hall–Kier alpha value is -2.96. The van der Waals surface area contributed by atoms with E-state index in [1.165, 1.54) is 17.5 Å². The van der Waals surface area contributed by atoms with Crippen molar-refractivity contribution in [2.75, 3.05) is 6.54 Å². The van der Waals surface area contributed by atoms with Crippen molar-refractivity contribution in [3.05, 3.63) is 59.5 Å². The Bertz CT molecular complexity index is 906. The molecule has 1 aromatic carbocycles. The number of carbonyl (C=O) groups is 1. The smallest absolute Gasteiger partial charge is 0.318 e. The molecule has 1 aliphatic heterocycles. The Morgan fingerprint density at radius 3 is 2.85 bits per heavy atom. The molecular formula is C19H22N6O. The van der Waals surface area contributed by atoms with Crippen LogP contribution in [0.5, 0.6) is 0 Å². The van der Waals surface area contributed by atoms with Crippen LogP contribution in [-0.4, -0.2) is 37.3 Å². The van der Waals surface area contributed by atoms with E-state index in [0.717, 1.165) is 25.8 Å². The van der Waals surface area contributed by atoms with Crippen molar-refractivity contribution in [3.63, 3.8) is 0 Å². The molecule has 3 heterocycles. The Labute approximate surface area is 152 Å². The van der Waals surface area contributed by atoms with E-state index >= 15 is 0 Å². The Morgan fingerprint density at radius 2 is 1.92 bits per heavy atom. The van der Waals surface area contributed by atoms with Crippen LogP contribution in [0.3, 0.4) is 0 Å². The zero-order valence-electron chi connectivity index (χ0n) is 14.6. The predicted octanol–water partition coefficient (Wildman–Crippen LogP) is 2.56. The summed E-state index contributed by atoms with van der Waals surface area (Å²) in [7, 11) is 0. The maximum atomic E-state index is 12.8. The van der Waals surface area contributed by atoms with Gasteiger partial charge in [-0.2, -0.15) is 9.61 Å². The Kier molecular flexibility index (Phi) is 4.77. The van der Waals surface area contributed by atoms with Gasteiger partial charge in [-0.3, -0.25) is 0 Å². The molecule has 0 atom stereocenters. The van der Waals surface area contributed by atoms with E-state index in [9.17, 15) is 4.79 Å². The predicted molar refractivity (Wildman–Crippen MR) is 97.4 cm³/mol. The van der Waals surface area contributed by atoms with E-state index in [0.29, 0.717) is 24.6 Å². The van der Waals surface area contributed by atoms with Gasteiger partial charge in [0.15, 0.2) is 11.5 Å². The molecular weight excluding hydrogens is 328 g/mol. The van der Waals surface area contributed by atoms with Crippen LogP contribution < -0.4 is 5.32 Å². The highest BCUT2D eigenvalue weighted by Crippen LogP contribution is 2.18.